The summed E-state index contributed by atoms with van der Waals surface area (Å²) in [7, 11) is 0. The van der Waals surface area contributed by atoms with E-state index in [9.17, 15) is 9.59 Å². The summed E-state index contributed by atoms with van der Waals surface area (Å²) < 4.78 is 9.94. The quantitative estimate of drug-likeness (QED) is 0.449. The lowest BCUT2D eigenvalue weighted by Gasteiger charge is -2.18. The SMILES string of the molecule is CC(=O)c1ccc(OC(=O)OC(C)(C)C)cc1. The molecule has 17 heavy (non-hydrogen) atoms. The van der Waals surface area contributed by atoms with Gasteiger partial charge in [-0.05, 0) is 52.0 Å². The van der Waals surface area contributed by atoms with Crippen molar-refractivity contribution in [3.8, 4) is 5.75 Å². The normalized spacial score (nSPS) is 10.8. The van der Waals surface area contributed by atoms with Gasteiger partial charge < -0.3 is 9.47 Å². The molecule has 0 saturated carbocycles. The molecule has 0 aromatic heterocycles. The molecule has 0 spiro atoms. The molecule has 0 aliphatic rings. The Bertz CT molecular complexity index is 412. The van der Waals surface area contributed by atoms with Gasteiger partial charge in [-0.2, -0.15) is 0 Å². The van der Waals surface area contributed by atoms with Gasteiger partial charge in [0.1, 0.15) is 11.4 Å². The second-order valence-electron chi connectivity index (χ2n) is 4.65. The van der Waals surface area contributed by atoms with Crippen LogP contribution < -0.4 is 4.74 Å². The zero-order chi connectivity index (χ0) is 13.1. The van der Waals surface area contributed by atoms with E-state index >= 15 is 0 Å². The molecule has 0 aliphatic carbocycles. The molecule has 0 atom stereocenters. The Hall–Kier alpha value is -1.84. The summed E-state index contributed by atoms with van der Waals surface area (Å²) in [5.74, 6) is 0.318. The van der Waals surface area contributed by atoms with Crippen LogP contribution in [0.3, 0.4) is 0 Å². The first-order valence-electron chi connectivity index (χ1n) is 5.30. The van der Waals surface area contributed by atoms with Crippen LogP contribution in [0.2, 0.25) is 0 Å². The van der Waals surface area contributed by atoms with Gasteiger partial charge in [0, 0.05) is 5.56 Å². The molecule has 1 aromatic rings. The first kappa shape index (κ1) is 13.2. The Kier molecular flexibility index (Phi) is 3.89. The van der Waals surface area contributed by atoms with Crippen LogP contribution in [0, 0.1) is 0 Å². The van der Waals surface area contributed by atoms with Crippen LogP contribution in [-0.4, -0.2) is 17.5 Å². The summed E-state index contributed by atoms with van der Waals surface area (Å²) in [4.78, 5) is 22.4. The number of rotatable bonds is 2. The van der Waals surface area contributed by atoms with Crippen molar-refractivity contribution >= 4 is 11.9 Å². The largest absolute Gasteiger partial charge is 0.514 e. The molecule has 92 valence electrons. The van der Waals surface area contributed by atoms with Crippen LogP contribution in [0.15, 0.2) is 24.3 Å². The van der Waals surface area contributed by atoms with E-state index in [0.717, 1.165) is 0 Å². The Balaban J connectivity index is 2.64. The molecule has 1 rings (SSSR count). The van der Waals surface area contributed by atoms with E-state index < -0.39 is 11.8 Å². The van der Waals surface area contributed by atoms with Gasteiger partial charge in [0.25, 0.3) is 0 Å². The lowest BCUT2D eigenvalue weighted by molar-refractivity contribution is 0.0206. The molecule has 0 radical (unpaired) electrons. The second kappa shape index (κ2) is 4.99. The van der Waals surface area contributed by atoms with Crippen LogP contribution in [0.25, 0.3) is 0 Å². The molecule has 0 saturated heterocycles. The van der Waals surface area contributed by atoms with Crippen LogP contribution in [0.4, 0.5) is 4.79 Å². The fraction of sp³-hybridized carbons (Fsp3) is 0.385. The lowest BCUT2D eigenvalue weighted by Crippen LogP contribution is -2.25. The van der Waals surface area contributed by atoms with E-state index in [4.69, 9.17) is 9.47 Å². The maximum absolute atomic E-state index is 11.3. The van der Waals surface area contributed by atoms with Crippen molar-refractivity contribution in [1.82, 2.24) is 0 Å². The predicted molar refractivity (Wildman–Crippen MR) is 63.3 cm³/mol. The van der Waals surface area contributed by atoms with Crippen molar-refractivity contribution in [2.75, 3.05) is 0 Å². The topological polar surface area (TPSA) is 52.6 Å². The Morgan fingerprint density at radius 3 is 2.00 bits per heavy atom. The minimum absolute atomic E-state index is 0.0335. The van der Waals surface area contributed by atoms with Gasteiger partial charge in [0.2, 0.25) is 0 Å². The third kappa shape index (κ3) is 4.68. The van der Waals surface area contributed by atoms with Crippen molar-refractivity contribution in [3.05, 3.63) is 29.8 Å². The molecule has 0 unspecified atom stereocenters. The average Bonchev–Trinajstić information content (AvgIpc) is 2.15. The number of ketones is 1. The Labute approximate surface area is 101 Å². The zero-order valence-corrected chi connectivity index (χ0v) is 10.4. The smallest absolute Gasteiger partial charge is 0.428 e. The lowest BCUT2D eigenvalue weighted by atomic mass is 10.1. The van der Waals surface area contributed by atoms with Crippen LogP contribution in [0.1, 0.15) is 38.1 Å². The van der Waals surface area contributed by atoms with Gasteiger partial charge in [-0.1, -0.05) is 0 Å². The number of carbonyl (C=O) groups excluding carboxylic acids is 2. The molecule has 4 nitrogen and oxygen atoms in total. The summed E-state index contributed by atoms with van der Waals surface area (Å²) in [6.45, 7) is 6.75. The van der Waals surface area contributed by atoms with Crippen LogP contribution >= 0.6 is 0 Å². The van der Waals surface area contributed by atoms with Crippen molar-refractivity contribution in [3.63, 3.8) is 0 Å². The fourth-order valence-corrected chi connectivity index (χ4v) is 1.12. The minimum atomic E-state index is -0.756. The van der Waals surface area contributed by atoms with Gasteiger partial charge in [-0.3, -0.25) is 4.79 Å². The predicted octanol–water partition coefficient (Wildman–Crippen LogP) is 3.20. The highest BCUT2D eigenvalue weighted by Gasteiger charge is 2.17. The zero-order valence-electron chi connectivity index (χ0n) is 10.4. The number of benzene rings is 1. The highest BCUT2D eigenvalue weighted by atomic mass is 16.7. The Morgan fingerprint density at radius 2 is 1.59 bits per heavy atom. The van der Waals surface area contributed by atoms with Crippen molar-refractivity contribution in [2.45, 2.75) is 33.3 Å². The number of hydrogen-bond donors (Lipinski definition) is 0. The summed E-state index contributed by atoms with van der Waals surface area (Å²) in [6.07, 6.45) is -0.756. The van der Waals surface area contributed by atoms with Crippen molar-refractivity contribution in [2.24, 2.45) is 0 Å². The van der Waals surface area contributed by atoms with E-state index in [1.54, 1.807) is 45.0 Å². The van der Waals surface area contributed by atoms with Gasteiger partial charge in [-0.25, -0.2) is 4.79 Å². The summed E-state index contributed by atoms with van der Waals surface area (Å²) in [5, 5.41) is 0. The monoisotopic (exact) mass is 236 g/mol. The standard InChI is InChI=1S/C13H16O4/c1-9(14)10-5-7-11(8-6-10)16-12(15)17-13(2,3)4/h5-8H,1-4H3. The highest BCUT2D eigenvalue weighted by molar-refractivity contribution is 5.94. The summed E-state index contributed by atoms with van der Waals surface area (Å²) in [6, 6.07) is 6.31. The first-order chi connectivity index (χ1) is 7.78. The third-order valence-electron chi connectivity index (χ3n) is 1.85. The van der Waals surface area contributed by atoms with E-state index in [0.29, 0.717) is 11.3 Å². The molecule has 4 heteroatoms. The maximum atomic E-state index is 11.3. The average molecular weight is 236 g/mol. The number of Topliss-reactive ketones (excluding diaryl/α,β-unsaturated/α-hetero) is 1. The Morgan fingerprint density at radius 1 is 1.06 bits per heavy atom. The maximum Gasteiger partial charge on any atom is 0.514 e. The first-order valence-corrected chi connectivity index (χ1v) is 5.30. The van der Waals surface area contributed by atoms with Crippen LogP contribution in [-0.2, 0) is 4.74 Å². The van der Waals surface area contributed by atoms with Gasteiger partial charge >= 0.3 is 6.16 Å². The van der Waals surface area contributed by atoms with Gasteiger partial charge in [0.05, 0.1) is 0 Å². The van der Waals surface area contributed by atoms with Crippen molar-refractivity contribution in [1.29, 1.82) is 0 Å². The summed E-state index contributed by atoms with van der Waals surface area (Å²) >= 11 is 0. The minimum Gasteiger partial charge on any atom is -0.428 e. The molecule has 0 bridgehead atoms. The number of carbonyl (C=O) groups is 2. The van der Waals surface area contributed by atoms with E-state index in [1.165, 1.54) is 6.92 Å². The number of hydrogen-bond acceptors (Lipinski definition) is 4. The second-order valence-corrected chi connectivity index (χ2v) is 4.65. The van der Waals surface area contributed by atoms with Gasteiger partial charge in [0.15, 0.2) is 5.78 Å². The molecular weight excluding hydrogens is 220 g/mol. The summed E-state index contributed by atoms with van der Waals surface area (Å²) in [5.41, 5.74) is -0.0160. The van der Waals surface area contributed by atoms with Crippen LogP contribution in [0.5, 0.6) is 5.75 Å². The van der Waals surface area contributed by atoms with E-state index in [2.05, 4.69) is 0 Å². The number of ether oxygens (including phenoxy) is 2. The van der Waals surface area contributed by atoms with Crippen molar-refractivity contribution < 1.29 is 19.1 Å². The molecule has 0 fully saturated rings. The van der Waals surface area contributed by atoms with Gasteiger partial charge in [-0.15, -0.1) is 0 Å². The fourth-order valence-electron chi connectivity index (χ4n) is 1.12. The highest BCUT2D eigenvalue weighted by Crippen LogP contribution is 2.15. The molecular formula is C13H16O4. The molecule has 0 amide bonds. The third-order valence-corrected chi connectivity index (χ3v) is 1.85. The molecule has 1 aromatic carbocycles. The van der Waals surface area contributed by atoms with E-state index in [1.807, 2.05) is 0 Å². The van der Waals surface area contributed by atoms with E-state index in [-0.39, 0.29) is 5.78 Å². The molecule has 0 N–H and O–H groups in total. The molecule has 0 heterocycles. The molecule has 0 aliphatic heterocycles.